The van der Waals surface area contributed by atoms with E-state index in [9.17, 15) is 9.90 Å². The van der Waals surface area contributed by atoms with Gasteiger partial charge >= 0.3 is 5.97 Å². The van der Waals surface area contributed by atoms with E-state index in [2.05, 4.69) is 10.2 Å². The van der Waals surface area contributed by atoms with Crippen LogP contribution in [0.4, 0.5) is 5.69 Å². The van der Waals surface area contributed by atoms with Crippen molar-refractivity contribution in [3.63, 3.8) is 0 Å². The molecule has 0 saturated carbocycles. The van der Waals surface area contributed by atoms with Gasteiger partial charge in [0.2, 0.25) is 0 Å². The molecule has 1 heterocycles. The number of nitrogens with one attached hydrogen (secondary N) is 1. The number of carboxylic acid groups (broad SMARTS) is 1. The van der Waals surface area contributed by atoms with Crippen molar-refractivity contribution in [2.45, 2.75) is 13.3 Å². The maximum Gasteiger partial charge on any atom is 0.337 e. The van der Waals surface area contributed by atoms with Gasteiger partial charge in [-0.1, -0.05) is 6.07 Å². The molecule has 17 heavy (non-hydrogen) atoms. The van der Waals surface area contributed by atoms with Crippen LogP contribution in [0.2, 0.25) is 0 Å². The van der Waals surface area contributed by atoms with E-state index in [1.165, 1.54) is 0 Å². The summed E-state index contributed by atoms with van der Waals surface area (Å²) >= 11 is 0. The molecule has 1 aromatic rings. The first-order valence-corrected chi connectivity index (χ1v) is 5.98. The first-order chi connectivity index (χ1) is 8.18. The SMILES string of the molecule is Cc1ccc(C(=O)O)c(N2CCCNCC2)c1. The number of carbonyl (C=O) groups is 1. The standard InChI is InChI=1S/C13H18N2O2/c1-10-3-4-11(13(16)17)12(9-10)15-7-2-5-14-6-8-15/h3-4,9,14H,2,5-8H2,1H3,(H,16,17). The van der Waals surface area contributed by atoms with E-state index >= 15 is 0 Å². The molecule has 0 aliphatic carbocycles. The van der Waals surface area contributed by atoms with Gasteiger partial charge in [0.05, 0.1) is 11.3 Å². The number of aromatic carboxylic acids is 1. The smallest absolute Gasteiger partial charge is 0.337 e. The number of nitrogens with zero attached hydrogens (tertiary/aromatic N) is 1. The minimum absolute atomic E-state index is 0.400. The Morgan fingerprint density at radius 3 is 2.94 bits per heavy atom. The van der Waals surface area contributed by atoms with Crippen LogP contribution < -0.4 is 10.2 Å². The average Bonchev–Trinajstić information content (AvgIpc) is 2.56. The van der Waals surface area contributed by atoms with E-state index in [1.54, 1.807) is 6.07 Å². The Morgan fingerprint density at radius 2 is 2.18 bits per heavy atom. The number of rotatable bonds is 2. The molecule has 0 amide bonds. The lowest BCUT2D eigenvalue weighted by molar-refractivity contribution is 0.0697. The predicted molar refractivity (Wildman–Crippen MR) is 67.8 cm³/mol. The lowest BCUT2D eigenvalue weighted by Gasteiger charge is -2.24. The number of aryl methyl sites for hydroxylation is 1. The molecule has 0 atom stereocenters. The van der Waals surface area contributed by atoms with Gasteiger partial charge in [0.15, 0.2) is 0 Å². The summed E-state index contributed by atoms with van der Waals surface area (Å²) < 4.78 is 0. The zero-order chi connectivity index (χ0) is 12.3. The van der Waals surface area contributed by atoms with Gasteiger partial charge in [-0.05, 0) is 37.6 Å². The molecule has 1 aliphatic heterocycles. The lowest BCUT2D eigenvalue weighted by Crippen LogP contribution is -2.29. The summed E-state index contributed by atoms with van der Waals surface area (Å²) in [5.41, 5.74) is 2.35. The zero-order valence-corrected chi connectivity index (χ0v) is 10.1. The number of carboxylic acids is 1. The fourth-order valence-electron chi connectivity index (χ4n) is 2.17. The van der Waals surface area contributed by atoms with Crippen molar-refractivity contribution in [2.75, 3.05) is 31.1 Å². The van der Waals surface area contributed by atoms with Gasteiger partial charge in [0, 0.05) is 19.6 Å². The molecule has 0 aromatic heterocycles. The molecule has 92 valence electrons. The van der Waals surface area contributed by atoms with E-state index < -0.39 is 5.97 Å². The zero-order valence-electron chi connectivity index (χ0n) is 10.1. The third-order valence-electron chi connectivity index (χ3n) is 3.06. The van der Waals surface area contributed by atoms with Crippen LogP contribution in [-0.2, 0) is 0 Å². The fourth-order valence-corrected chi connectivity index (χ4v) is 2.17. The Kier molecular flexibility index (Phi) is 3.64. The highest BCUT2D eigenvalue weighted by Crippen LogP contribution is 2.23. The van der Waals surface area contributed by atoms with Crippen molar-refractivity contribution in [3.8, 4) is 0 Å². The summed E-state index contributed by atoms with van der Waals surface area (Å²) in [5, 5.41) is 12.5. The minimum atomic E-state index is -0.850. The molecule has 1 aromatic carbocycles. The van der Waals surface area contributed by atoms with Crippen LogP contribution in [0, 0.1) is 6.92 Å². The molecule has 4 heteroatoms. The fraction of sp³-hybridized carbons (Fsp3) is 0.462. The molecular weight excluding hydrogens is 216 g/mol. The van der Waals surface area contributed by atoms with Crippen LogP contribution in [-0.4, -0.2) is 37.3 Å². The Morgan fingerprint density at radius 1 is 1.35 bits per heavy atom. The summed E-state index contributed by atoms with van der Waals surface area (Å²) in [4.78, 5) is 13.4. The van der Waals surface area contributed by atoms with Gasteiger partial charge in [-0.2, -0.15) is 0 Å². The summed E-state index contributed by atoms with van der Waals surface area (Å²) in [6, 6.07) is 5.52. The third kappa shape index (κ3) is 2.77. The van der Waals surface area contributed by atoms with Gasteiger partial charge < -0.3 is 15.3 Å². The van der Waals surface area contributed by atoms with E-state index in [4.69, 9.17) is 0 Å². The summed E-state index contributed by atoms with van der Waals surface area (Å²) in [5.74, 6) is -0.850. The molecule has 1 saturated heterocycles. The van der Waals surface area contributed by atoms with Gasteiger partial charge in [0.1, 0.15) is 0 Å². The molecule has 1 fully saturated rings. The molecule has 2 N–H and O–H groups in total. The van der Waals surface area contributed by atoms with E-state index in [0.717, 1.165) is 43.9 Å². The molecular formula is C13H18N2O2. The Bertz CT molecular complexity index is 410. The number of anilines is 1. The van der Waals surface area contributed by atoms with Crippen molar-refractivity contribution in [1.29, 1.82) is 0 Å². The largest absolute Gasteiger partial charge is 0.478 e. The van der Waals surface area contributed by atoms with E-state index in [-0.39, 0.29) is 0 Å². The molecule has 4 nitrogen and oxygen atoms in total. The Hall–Kier alpha value is -1.55. The van der Waals surface area contributed by atoms with Crippen LogP contribution in [0.1, 0.15) is 22.3 Å². The molecule has 0 spiro atoms. The summed E-state index contributed by atoms with van der Waals surface area (Å²) in [6.45, 7) is 5.68. The van der Waals surface area contributed by atoms with Crippen molar-refractivity contribution in [1.82, 2.24) is 5.32 Å². The highest BCUT2D eigenvalue weighted by Gasteiger charge is 2.17. The van der Waals surface area contributed by atoms with Crippen molar-refractivity contribution in [2.24, 2.45) is 0 Å². The predicted octanol–water partition coefficient (Wildman–Crippen LogP) is 1.49. The van der Waals surface area contributed by atoms with Crippen LogP contribution >= 0.6 is 0 Å². The third-order valence-corrected chi connectivity index (χ3v) is 3.06. The van der Waals surface area contributed by atoms with Crippen LogP contribution in [0.5, 0.6) is 0 Å². The topological polar surface area (TPSA) is 52.6 Å². The Labute approximate surface area is 101 Å². The maximum atomic E-state index is 11.2. The molecule has 0 bridgehead atoms. The van der Waals surface area contributed by atoms with Crippen molar-refractivity contribution < 1.29 is 9.90 Å². The minimum Gasteiger partial charge on any atom is -0.478 e. The number of hydrogen-bond acceptors (Lipinski definition) is 3. The highest BCUT2D eigenvalue weighted by atomic mass is 16.4. The van der Waals surface area contributed by atoms with Gasteiger partial charge in [0.25, 0.3) is 0 Å². The lowest BCUT2D eigenvalue weighted by atomic mass is 10.1. The second-order valence-corrected chi connectivity index (χ2v) is 4.42. The molecule has 0 unspecified atom stereocenters. The second kappa shape index (κ2) is 5.19. The first-order valence-electron chi connectivity index (χ1n) is 5.98. The summed E-state index contributed by atoms with van der Waals surface area (Å²) in [6.07, 6.45) is 1.05. The Balaban J connectivity index is 2.34. The highest BCUT2D eigenvalue weighted by molar-refractivity contribution is 5.94. The van der Waals surface area contributed by atoms with Crippen LogP contribution in [0.15, 0.2) is 18.2 Å². The number of benzene rings is 1. The monoisotopic (exact) mass is 234 g/mol. The van der Waals surface area contributed by atoms with Gasteiger partial charge in [-0.25, -0.2) is 4.79 Å². The van der Waals surface area contributed by atoms with E-state index in [1.807, 2.05) is 19.1 Å². The van der Waals surface area contributed by atoms with Crippen LogP contribution in [0.3, 0.4) is 0 Å². The van der Waals surface area contributed by atoms with Crippen molar-refractivity contribution in [3.05, 3.63) is 29.3 Å². The summed E-state index contributed by atoms with van der Waals surface area (Å²) in [7, 11) is 0. The number of hydrogen-bond donors (Lipinski definition) is 2. The molecule has 0 radical (unpaired) electrons. The van der Waals surface area contributed by atoms with E-state index in [0.29, 0.717) is 5.56 Å². The first kappa shape index (κ1) is 11.9. The van der Waals surface area contributed by atoms with Gasteiger partial charge in [-0.15, -0.1) is 0 Å². The maximum absolute atomic E-state index is 11.2. The normalized spacial score (nSPS) is 16.6. The van der Waals surface area contributed by atoms with Crippen LogP contribution in [0.25, 0.3) is 0 Å². The van der Waals surface area contributed by atoms with Gasteiger partial charge in [-0.3, -0.25) is 0 Å². The van der Waals surface area contributed by atoms with Crippen molar-refractivity contribution >= 4 is 11.7 Å². The molecule has 2 rings (SSSR count). The average molecular weight is 234 g/mol. The molecule has 1 aliphatic rings. The second-order valence-electron chi connectivity index (χ2n) is 4.42. The quantitative estimate of drug-likeness (QED) is 0.814.